The Kier molecular flexibility index (Phi) is 3.93. The molecule has 0 fully saturated rings. The molecule has 0 aliphatic rings. The number of rotatable bonds is 2. The molecule has 21 heavy (non-hydrogen) atoms. The third kappa shape index (κ3) is 3.01. The highest BCUT2D eigenvalue weighted by molar-refractivity contribution is 5.71. The van der Waals surface area contributed by atoms with E-state index >= 15 is 0 Å². The molecule has 0 radical (unpaired) electrons. The second kappa shape index (κ2) is 5.51. The number of esters is 1. The second-order valence-corrected chi connectivity index (χ2v) is 4.11. The minimum atomic E-state index is -1.74. The van der Waals surface area contributed by atoms with Gasteiger partial charge in [0.2, 0.25) is 0 Å². The zero-order valence-corrected chi connectivity index (χ0v) is 10.5. The SMILES string of the molecule is CC(=O)Oc1cc(F)c(-c2cc(F)c(F)c(F)c2)c(F)c1. The maximum Gasteiger partial charge on any atom is 0.308 e. The van der Waals surface area contributed by atoms with Crippen LogP contribution in [0.25, 0.3) is 11.1 Å². The van der Waals surface area contributed by atoms with Crippen molar-refractivity contribution in [2.75, 3.05) is 0 Å². The lowest BCUT2D eigenvalue weighted by Crippen LogP contribution is -2.03. The Balaban J connectivity index is 2.57. The Morgan fingerprint density at radius 1 is 0.857 bits per heavy atom. The average Bonchev–Trinajstić information content (AvgIpc) is 2.34. The highest BCUT2D eigenvalue weighted by Crippen LogP contribution is 2.31. The quantitative estimate of drug-likeness (QED) is 0.363. The van der Waals surface area contributed by atoms with Crippen LogP contribution >= 0.6 is 0 Å². The Hall–Kier alpha value is -2.44. The van der Waals surface area contributed by atoms with E-state index in [2.05, 4.69) is 4.74 Å². The van der Waals surface area contributed by atoms with Gasteiger partial charge >= 0.3 is 5.97 Å². The summed E-state index contributed by atoms with van der Waals surface area (Å²) in [6, 6.07) is 2.29. The predicted molar refractivity (Wildman–Crippen MR) is 63.0 cm³/mol. The van der Waals surface area contributed by atoms with Crippen molar-refractivity contribution < 1.29 is 31.5 Å². The molecule has 0 saturated heterocycles. The van der Waals surface area contributed by atoms with Crippen LogP contribution in [0.4, 0.5) is 22.0 Å². The minimum Gasteiger partial charge on any atom is -0.427 e. The first-order chi connectivity index (χ1) is 9.79. The first kappa shape index (κ1) is 15.0. The van der Waals surface area contributed by atoms with Gasteiger partial charge < -0.3 is 4.74 Å². The maximum atomic E-state index is 13.8. The van der Waals surface area contributed by atoms with E-state index in [1.165, 1.54) is 0 Å². The van der Waals surface area contributed by atoms with Crippen LogP contribution in [-0.2, 0) is 4.79 Å². The number of hydrogen-bond acceptors (Lipinski definition) is 2. The highest BCUT2D eigenvalue weighted by Gasteiger charge is 2.19. The lowest BCUT2D eigenvalue weighted by Gasteiger charge is -2.09. The van der Waals surface area contributed by atoms with Gasteiger partial charge in [-0.05, 0) is 17.7 Å². The molecule has 0 atom stereocenters. The van der Waals surface area contributed by atoms with Crippen LogP contribution in [0.3, 0.4) is 0 Å². The monoisotopic (exact) mass is 302 g/mol. The molecule has 0 bridgehead atoms. The second-order valence-electron chi connectivity index (χ2n) is 4.11. The van der Waals surface area contributed by atoms with E-state index in [4.69, 9.17) is 0 Å². The largest absolute Gasteiger partial charge is 0.427 e. The zero-order valence-electron chi connectivity index (χ0n) is 10.5. The molecule has 2 rings (SSSR count). The summed E-state index contributed by atoms with van der Waals surface area (Å²) in [5.74, 6) is -8.50. The van der Waals surface area contributed by atoms with Crippen LogP contribution in [0.2, 0.25) is 0 Å². The molecule has 0 aliphatic heterocycles. The molecule has 0 spiro atoms. The van der Waals surface area contributed by atoms with Gasteiger partial charge in [0.15, 0.2) is 17.5 Å². The first-order valence-electron chi connectivity index (χ1n) is 5.62. The average molecular weight is 302 g/mol. The van der Waals surface area contributed by atoms with Crippen molar-refractivity contribution in [2.45, 2.75) is 6.92 Å². The molecule has 0 aliphatic carbocycles. The molecule has 0 aromatic heterocycles. The van der Waals surface area contributed by atoms with Crippen molar-refractivity contribution in [3.05, 3.63) is 53.4 Å². The smallest absolute Gasteiger partial charge is 0.308 e. The van der Waals surface area contributed by atoms with E-state index in [-0.39, 0.29) is 0 Å². The van der Waals surface area contributed by atoms with Crippen molar-refractivity contribution in [3.8, 4) is 16.9 Å². The predicted octanol–water partition coefficient (Wildman–Crippen LogP) is 3.97. The van der Waals surface area contributed by atoms with Crippen molar-refractivity contribution in [3.63, 3.8) is 0 Å². The number of ether oxygens (including phenoxy) is 1. The topological polar surface area (TPSA) is 26.3 Å². The van der Waals surface area contributed by atoms with E-state index < -0.39 is 51.9 Å². The van der Waals surface area contributed by atoms with Gasteiger partial charge in [-0.25, -0.2) is 22.0 Å². The maximum absolute atomic E-state index is 13.8. The summed E-state index contributed by atoms with van der Waals surface area (Å²) in [6.45, 7) is 1.04. The molecule has 2 aromatic carbocycles. The van der Waals surface area contributed by atoms with Gasteiger partial charge in [0, 0.05) is 19.1 Å². The van der Waals surface area contributed by atoms with Gasteiger partial charge in [-0.2, -0.15) is 0 Å². The van der Waals surface area contributed by atoms with Gasteiger partial charge in [0.1, 0.15) is 17.4 Å². The third-order valence-corrected chi connectivity index (χ3v) is 2.55. The third-order valence-electron chi connectivity index (χ3n) is 2.55. The van der Waals surface area contributed by atoms with E-state index in [0.717, 1.165) is 6.92 Å². The normalized spacial score (nSPS) is 10.6. The Bertz CT molecular complexity index is 681. The summed E-state index contributed by atoms with van der Waals surface area (Å²) in [6.07, 6.45) is 0. The Morgan fingerprint density at radius 2 is 1.33 bits per heavy atom. The van der Waals surface area contributed by atoms with Crippen molar-refractivity contribution in [1.82, 2.24) is 0 Å². The number of halogens is 5. The van der Waals surface area contributed by atoms with Gasteiger partial charge in [-0.3, -0.25) is 4.79 Å². The molecule has 110 valence electrons. The van der Waals surface area contributed by atoms with E-state index in [9.17, 15) is 26.7 Å². The van der Waals surface area contributed by atoms with E-state index in [0.29, 0.717) is 24.3 Å². The fourth-order valence-electron chi connectivity index (χ4n) is 1.75. The van der Waals surface area contributed by atoms with Crippen molar-refractivity contribution >= 4 is 5.97 Å². The molecular weight excluding hydrogens is 295 g/mol. The number of carbonyl (C=O) groups excluding carboxylic acids is 1. The molecule has 0 N–H and O–H groups in total. The molecule has 0 saturated carbocycles. The van der Waals surface area contributed by atoms with Crippen molar-refractivity contribution in [2.24, 2.45) is 0 Å². The van der Waals surface area contributed by atoms with E-state index in [1.807, 2.05) is 0 Å². The molecular formula is C14H7F5O2. The standard InChI is InChI=1S/C14H7F5O2/c1-6(20)21-8-4-9(15)13(10(16)5-8)7-2-11(17)14(19)12(18)3-7/h2-5H,1H3. The number of benzene rings is 2. The molecule has 2 aromatic rings. The van der Waals surface area contributed by atoms with Crippen molar-refractivity contribution in [1.29, 1.82) is 0 Å². The highest BCUT2D eigenvalue weighted by atomic mass is 19.2. The number of hydrogen-bond donors (Lipinski definition) is 0. The summed E-state index contributed by atoms with van der Waals surface area (Å²) in [7, 11) is 0. The lowest BCUT2D eigenvalue weighted by molar-refractivity contribution is -0.131. The molecule has 2 nitrogen and oxygen atoms in total. The molecule has 0 unspecified atom stereocenters. The summed E-state index contributed by atoms with van der Waals surface area (Å²) in [4.78, 5) is 10.7. The molecule has 0 heterocycles. The van der Waals surface area contributed by atoms with Gasteiger partial charge in [0.05, 0.1) is 5.56 Å². The fourth-order valence-corrected chi connectivity index (χ4v) is 1.75. The Labute approximate surface area is 115 Å². The van der Waals surface area contributed by atoms with Crippen LogP contribution in [0.5, 0.6) is 5.75 Å². The molecule has 0 amide bonds. The van der Waals surface area contributed by atoms with Crippen LogP contribution in [-0.4, -0.2) is 5.97 Å². The summed E-state index contributed by atoms with van der Waals surface area (Å²) in [5.41, 5.74) is -1.28. The minimum absolute atomic E-state index is 0.399. The first-order valence-corrected chi connectivity index (χ1v) is 5.62. The van der Waals surface area contributed by atoms with Gasteiger partial charge in [-0.15, -0.1) is 0 Å². The van der Waals surface area contributed by atoms with E-state index in [1.54, 1.807) is 0 Å². The summed E-state index contributed by atoms with van der Waals surface area (Å²) < 4.78 is 71.3. The number of carbonyl (C=O) groups is 1. The summed E-state index contributed by atoms with van der Waals surface area (Å²) in [5, 5.41) is 0. The van der Waals surface area contributed by atoms with Crippen LogP contribution in [0.1, 0.15) is 6.92 Å². The van der Waals surface area contributed by atoms with Gasteiger partial charge in [0.25, 0.3) is 0 Å². The lowest BCUT2D eigenvalue weighted by atomic mass is 10.0. The Morgan fingerprint density at radius 3 is 1.76 bits per heavy atom. The van der Waals surface area contributed by atoms with Crippen LogP contribution in [0.15, 0.2) is 24.3 Å². The fraction of sp³-hybridized carbons (Fsp3) is 0.0714. The summed E-state index contributed by atoms with van der Waals surface area (Å²) >= 11 is 0. The van der Waals surface area contributed by atoms with Crippen LogP contribution in [0, 0.1) is 29.1 Å². The molecule has 7 heteroatoms. The van der Waals surface area contributed by atoms with Gasteiger partial charge in [-0.1, -0.05) is 0 Å². The zero-order chi connectivity index (χ0) is 15.7. The van der Waals surface area contributed by atoms with Crippen LogP contribution < -0.4 is 4.74 Å².